The highest BCUT2D eigenvalue weighted by Gasteiger charge is 2.31. The number of hydrogen-bond acceptors (Lipinski definition) is 1. The smallest absolute Gasteiger partial charge is 0.129 e. The number of hydrogen-bond donors (Lipinski definition) is 1. The third-order valence-electron chi connectivity index (χ3n) is 5.63. The Morgan fingerprint density at radius 1 is 1.00 bits per heavy atom. The zero-order chi connectivity index (χ0) is 14.8. The lowest BCUT2D eigenvalue weighted by Crippen LogP contribution is -2.38. The summed E-state index contributed by atoms with van der Waals surface area (Å²) in [6, 6.07) is 4.64. The Hall–Kier alpha value is -0.890. The second kappa shape index (κ2) is 6.48. The number of aryl methyl sites for hydroxylation is 2. The van der Waals surface area contributed by atoms with Crippen molar-refractivity contribution in [2.24, 2.45) is 11.8 Å². The van der Waals surface area contributed by atoms with Crippen LogP contribution in [0.5, 0.6) is 0 Å². The van der Waals surface area contributed by atoms with Crippen molar-refractivity contribution in [3.05, 3.63) is 34.6 Å². The van der Waals surface area contributed by atoms with Gasteiger partial charge in [0, 0.05) is 12.6 Å². The Bertz CT molecular complexity index is 473. The first-order valence-electron chi connectivity index (χ1n) is 8.62. The molecule has 3 unspecified atom stereocenters. The van der Waals surface area contributed by atoms with Crippen LogP contribution in [0, 0.1) is 31.5 Å². The molecule has 2 aliphatic carbocycles. The van der Waals surface area contributed by atoms with E-state index in [0.717, 1.165) is 29.5 Å². The van der Waals surface area contributed by atoms with E-state index in [1.165, 1.54) is 50.5 Å². The summed E-state index contributed by atoms with van der Waals surface area (Å²) in [7, 11) is 0. The van der Waals surface area contributed by atoms with Gasteiger partial charge in [-0.05, 0) is 61.6 Å². The Kier molecular flexibility index (Phi) is 4.63. The van der Waals surface area contributed by atoms with Gasteiger partial charge >= 0.3 is 0 Å². The quantitative estimate of drug-likeness (QED) is 0.835. The molecule has 0 aromatic heterocycles. The lowest BCUT2D eigenvalue weighted by molar-refractivity contribution is 0.143. The first kappa shape index (κ1) is 15.0. The molecule has 0 spiro atoms. The van der Waals surface area contributed by atoms with Gasteiger partial charge in [0.1, 0.15) is 5.82 Å². The molecule has 21 heavy (non-hydrogen) atoms. The largest absolute Gasteiger partial charge is 0.310 e. The molecule has 0 amide bonds. The molecule has 0 saturated heterocycles. The second-order valence-electron chi connectivity index (χ2n) is 7.24. The number of rotatable bonds is 3. The maximum absolute atomic E-state index is 13.7. The zero-order valence-corrected chi connectivity index (χ0v) is 13.4. The van der Waals surface area contributed by atoms with Gasteiger partial charge in [-0.2, -0.15) is 0 Å². The fourth-order valence-corrected chi connectivity index (χ4v) is 4.46. The zero-order valence-electron chi connectivity index (χ0n) is 13.4. The van der Waals surface area contributed by atoms with Gasteiger partial charge < -0.3 is 5.32 Å². The normalized spacial score (nSPS) is 29.2. The van der Waals surface area contributed by atoms with Gasteiger partial charge in [-0.15, -0.1) is 0 Å². The van der Waals surface area contributed by atoms with Gasteiger partial charge in [-0.1, -0.05) is 37.8 Å². The van der Waals surface area contributed by atoms with Crippen LogP contribution in [0.1, 0.15) is 61.6 Å². The third kappa shape index (κ3) is 3.48. The molecule has 2 aliphatic rings. The summed E-state index contributed by atoms with van der Waals surface area (Å²) in [5.41, 5.74) is 2.75. The predicted octanol–water partition coefficient (Wildman–Crippen LogP) is 4.89. The molecule has 1 N–H and O–H groups in total. The SMILES string of the molecule is Cc1cc(CNC2CCC3CCCCC3C2)cc(C)c1F. The van der Waals surface area contributed by atoms with E-state index in [2.05, 4.69) is 5.32 Å². The molecule has 1 nitrogen and oxygen atoms in total. The highest BCUT2D eigenvalue weighted by Crippen LogP contribution is 2.40. The maximum atomic E-state index is 13.7. The van der Waals surface area contributed by atoms with Crippen molar-refractivity contribution >= 4 is 0 Å². The fourth-order valence-electron chi connectivity index (χ4n) is 4.46. The third-order valence-corrected chi connectivity index (χ3v) is 5.63. The molecule has 1 aromatic rings. The van der Waals surface area contributed by atoms with Crippen molar-refractivity contribution in [1.82, 2.24) is 5.32 Å². The van der Waals surface area contributed by atoms with Gasteiger partial charge in [0.15, 0.2) is 0 Å². The monoisotopic (exact) mass is 289 g/mol. The van der Waals surface area contributed by atoms with Crippen molar-refractivity contribution < 1.29 is 4.39 Å². The minimum atomic E-state index is -0.0542. The molecule has 0 heterocycles. The van der Waals surface area contributed by atoms with E-state index in [0.29, 0.717) is 6.04 Å². The van der Waals surface area contributed by atoms with Crippen LogP contribution in [-0.4, -0.2) is 6.04 Å². The highest BCUT2D eigenvalue weighted by atomic mass is 19.1. The summed E-state index contributed by atoms with van der Waals surface area (Å²) in [6.45, 7) is 4.60. The van der Waals surface area contributed by atoms with E-state index in [-0.39, 0.29) is 5.82 Å². The summed E-state index contributed by atoms with van der Waals surface area (Å²) >= 11 is 0. The highest BCUT2D eigenvalue weighted by molar-refractivity contribution is 5.30. The van der Waals surface area contributed by atoms with Gasteiger partial charge in [0.2, 0.25) is 0 Å². The molecule has 2 fully saturated rings. The molecule has 3 atom stereocenters. The van der Waals surface area contributed by atoms with Crippen LogP contribution in [0.2, 0.25) is 0 Å². The van der Waals surface area contributed by atoms with E-state index in [4.69, 9.17) is 0 Å². The van der Waals surface area contributed by atoms with Crippen LogP contribution < -0.4 is 5.32 Å². The summed E-state index contributed by atoms with van der Waals surface area (Å²) in [6.07, 6.45) is 9.87. The number of nitrogens with one attached hydrogen (secondary N) is 1. The predicted molar refractivity (Wildman–Crippen MR) is 85.8 cm³/mol. The van der Waals surface area contributed by atoms with Crippen molar-refractivity contribution in [3.8, 4) is 0 Å². The average Bonchev–Trinajstić information content (AvgIpc) is 2.50. The van der Waals surface area contributed by atoms with E-state index in [9.17, 15) is 4.39 Å². The average molecular weight is 289 g/mol. The van der Waals surface area contributed by atoms with E-state index >= 15 is 0 Å². The molecule has 2 saturated carbocycles. The van der Waals surface area contributed by atoms with Crippen LogP contribution >= 0.6 is 0 Å². The lowest BCUT2D eigenvalue weighted by atomic mass is 9.69. The van der Waals surface area contributed by atoms with Gasteiger partial charge in [-0.25, -0.2) is 4.39 Å². The molecule has 116 valence electrons. The Labute approximate surface area is 128 Å². The molecule has 1 aromatic carbocycles. The first-order valence-corrected chi connectivity index (χ1v) is 8.62. The molecule has 3 rings (SSSR count). The van der Waals surface area contributed by atoms with Crippen molar-refractivity contribution in [2.45, 2.75) is 71.4 Å². The molecular weight excluding hydrogens is 261 g/mol. The van der Waals surface area contributed by atoms with Crippen LogP contribution in [-0.2, 0) is 6.54 Å². The number of fused-ring (bicyclic) bond motifs is 1. The molecule has 2 heteroatoms. The van der Waals surface area contributed by atoms with Crippen molar-refractivity contribution in [3.63, 3.8) is 0 Å². The van der Waals surface area contributed by atoms with Crippen molar-refractivity contribution in [2.75, 3.05) is 0 Å². The minimum Gasteiger partial charge on any atom is -0.310 e. The van der Waals surface area contributed by atoms with E-state index in [1.807, 2.05) is 26.0 Å². The fraction of sp³-hybridized carbons (Fsp3) is 0.684. The molecule has 0 bridgehead atoms. The molecule has 0 aliphatic heterocycles. The second-order valence-corrected chi connectivity index (χ2v) is 7.24. The maximum Gasteiger partial charge on any atom is 0.129 e. The van der Waals surface area contributed by atoms with Crippen LogP contribution in [0.25, 0.3) is 0 Å². The summed E-state index contributed by atoms with van der Waals surface area (Å²) in [4.78, 5) is 0. The lowest BCUT2D eigenvalue weighted by Gasteiger charge is -2.39. The standard InChI is InChI=1S/C19H28FN/c1-13-9-15(10-14(2)19(13)20)12-21-18-8-7-16-5-3-4-6-17(16)11-18/h9-10,16-18,21H,3-8,11-12H2,1-2H3. The van der Waals surface area contributed by atoms with E-state index in [1.54, 1.807) is 0 Å². The van der Waals surface area contributed by atoms with Gasteiger partial charge in [-0.3, -0.25) is 0 Å². The minimum absolute atomic E-state index is 0.0542. The van der Waals surface area contributed by atoms with Crippen molar-refractivity contribution in [1.29, 1.82) is 0 Å². The summed E-state index contributed by atoms with van der Waals surface area (Å²) in [5.74, 6) is 1.91. The summed E-state index contributed by atoms with van der Waals surface area (Å²) in [5, 5.41) is 3.72. The van der Waals surface area contributed by atoms with E-state index < -0.39 is 0 Å². The first-order chi connectivity index (χ1) is 10.1. The van der Waals surface area contributed by atoms with Crippen LogP contribution in [0.15, 0.2) is 12.1 Å². The van der Waals surface area contributed by atoms with Crippen LogP contribution in [0.3, 0.4) is 0 Å². The number of halogens is 1. The molecule has 0 radical (unpaired) electrons. The number of benzene rings is 1. The van der Waals surface area contributed by atoms with Crippen LogP contribution in [0.4, 0.5) is 4.39 Å². The Balaban J connectivity index is 1.56. The van der Waals surface area contributed by atoms with Gasteiger partial charge in [0.05, 0.1) is 0 Å². The Morgan fingerprint density at radius 2 is 1.67 bits per heavy atom. The Morgan fingerprint density at radius 3 is 2.38 bits per heavy atom. The van der Waals surface area contributed by atoms with Gasteiger partial charge in [0.25, 0.3) is 0 Å². The molecular formula is C19H28FN. The summed E-state index contributed by atoms with van der Waals surface area (Å²) < 4.78 is 13.7. The topological polar surface area (TPSA) is 12.0 Å².